The van der Waals surface area contributed by atoms with Gasteiger partial charge in [-0.15, -0.1) is 0 Å². The normalized spacial score (nSPS) is 19.3. The molecular weight excluding hydrogens is 328 g/mol. The van der Waals surface area contributed by atoms with Crippen LogP contribution >= 0.6 is 11.6 Å². The molecule has 1 aromatic carbocycles. The van der Waals surface area contributed by atoms with Crippen molar-refractivity contribution >= 4 is 32.6 Å². The third kappa shape index (κ3) is 2.86. The lowest BCUT2D eigenvalue weighted by molar-refractivity contribution is 0.0947. The SMILES string of the molecule is CCN(C[C@H]1CCCO1)S(=O)(=O)c1ccc2onc(Cl)c2c1. The first-order chi connectivity index (χ1) is 10.5. The topological polar surface area (TPSA) is 72.6 Å². The summed E-state index contributed by atoms with van der Waals surface area (Å²) in [6.07, 6.45) is 1.84. The molecule has 1 saturated heterocycles. The van der Waals surface area contributed by atoms with E-state index in [9.17, 15) is 8.42 Å². The van der Waals surface area contributed by atoms with Gasteiger partial charge in [0.25, 0.3) is 0 Å². The molecule has 0 aliphatic carbocycles. The van der Waals surface area contributed by atoms with E-state index >= 15 is 0 Å². The molecule has 1 aliphatic rings. The van der Waals surface area contributed by atoms with Gasteiger partial charge >= 0.3 is 0 Å². The molecular formula is C14H17ClN2O4S. The molecule has 0 amide bonds. The highest BCUT2D eigenvalue weighted by Gasteiger charge is 2.28. The van der Waals surface area contributed by atoms with Crippen LogP contribution in [0.3, 0.4) is 0 Å². The predicted octanol–water partition coefficient (Wildman–Crippen LogP) is 2.67. The molecule has 120 valence electrons. The second kappa shape index (κ2) is 6.16. The highest BCUT2D eigenvalue weighted by atomic mass is 35.5. The number of aromatic nitrogens is 1. The van der Waals surface area contributed by atoms with Gasteiger partial charge in [0.05, 0.1) is 16.4 Å². The van der Waals surface area contributed by atoms with Crippen molar-refractivity contribution in [2.24, 2.45) is 0 Å². The fraction of sp³-hybridized carbons (Fsp3) is 0.500. The van der Waals surface area contributed by atoms with Crippen molar-refractivity contribution in [3.63, 3.8) is 0 Å². The van der Waals surface area contributed by atoms with Gasteiger partial charge in [-0.3, -0.25) is 0 Å². The number of ether oxygens (including phenoxy) is 1. The average Bonchev–Trinajstić information content (AvgIpc) is 3.14. The summed E-state index contributed by atoms with van der Waals surface area (Å²) in [5.74, 6) is 0. The van der Waals surface area contributed by atoms with E-state index in [0.29, 0.717) is 30.7 Å². The van der Waals surface area contributed by atoms with E-state index < -0.39 is 10.0 Å². The van der Waals surface area contributed by atoms with Crippen molar-refractivity contribution in [3.05, 3.63) is 23.4 Å². The Morgan fingerprint density at radius 2 is 2.27 bits per heavy atom. The number of hydrogen-bond donors (Lipinski definition) is 0. The lowest BCUT2D eigenvalue weighted by Gasteiger charge is -2.23. The molecule has 8 heteroatoms. The minimum absolute atomic E-state index is 0.0300. The zero-order valence-corrected chi connectivity index (χ0v) is 13.7. The molecule has 0 spiro atoms. The van der Waals surface area contributed by atoms with Gasteiger partial charge in [-0.05, 0) is 31.0 Å². The molecule has 0 N–H and O–H groups in total. The van der Waals surface area contributed by atoms with Crippen molar-refractivity contribution in [1.82, 2.24) is 9.46 Å². The molecule has 0 unspecified atom stereocenters. The molecule has 6 nitrogen and oxygen atoms in total. The summed E-state index contributed by atoms with van der Waals surface area (Å²) in [4.78, 5) is 0.185. The van der Waals surface area contributed by atoms with Gasteiger partial charge in [-0.2, -0.15) is 4.31 Å². The molecule has 2 heterocycles. The Balaban J connectivity index is 1.92. The van der Waals surface area contributed by atoms with Gasteiger partial charge in [0, 0.05) is 19.7 Å². The minimum Gasteiger partial charge on any atom is -0.377 e. The van der Waals surface area contributed by atoms with Gasteiger partial charge in [-0.1, -0.05) is 23.7 Å². The van der Waals surface area contributed by atoms with E-state index in [2.05, 4.69) is 5.16 Å². The predicted molar refractivity (Wildman–Crippen MR) is 82.4 cm³/mol. The number of sulfonamides is 1. The van der Waals surface area contributed by atoms with E-state index in [-0.39, 0.29) is 16.2 Å². The van der Waals surface area contributed by atoms with E-state index in [1.807, 2.05) is 6.92 Å². The van der Waals surface area contributed by atoms with Gasteiger partial charge in [0.2, 0.25) is 10.0 Å². The maximum atomic E-state index is 12.8. The summed E-state index contributed by atoms with van der Waals surface area (Å²) in [6, 6.07) is 4.58. The molecule has 3 rings (SSSR count). The Morgan fingerprint density at radius 3 is 2.95 bits per heavy atom. The van der Waals surface area contributed by atoms with Gasteiger partial charge in [0.1, 0.15) is 0 Å². The number of benzene rings is 1. The van der Waals surface area contributed by atoms with Crippen LogP contribution in [0.1, 0.15) is 19.8 Å². The van der Waals surface area contributed by atoms with Crippen LogP contribution in [0.2, 0.25) is 5.15 Å². The molecule has 0 saturated carbocycles. The molecule has 0 radical (unpaired) electrons. The maximum Gasteiger partial charge on any atom is 0.243 e. The summed E-state index contributed by atoms with van der Waals surface area (Å²) in [7, 11) is -3.60. The van der Waals surface area contributed by atoms with Gasteiger partial charge in [0.15, 0.2) is 10.7 Å². The number of rotatable bonds is 5. The maximum absolute atomic E-state index is 12.8. The molecule has 2 aromatic rings. The summed E-state index contributed by atoms with van der Waals surface area (Å²) in [5, 5.41) is 4.29. The van der Waals surface area contributed by atoms with E-state index in [1.54, 1.807) is 6.07 Å². The van der Waals surface area contributed by atoms with Crippen molar-refractivity contribution in [2.75, 3.05) is 19.7 Å². The third-order valence-corrected chi connectivity index (χ3v) is 6.03. The Hall–Kier alpha value is -1.15. The first-order valence-corrected chi connectivity index (χ1v) is 9.01. The minimum atomic E-state index is -3.60. The molecule has 1 aromatic heterocycles. The van der Waals surface area contributed by atoms with E-state index in [4.69, 9.17) is 20.9 Å². The van der Waals surface area contributed by atoms with Crippen molar-refractivity contribution < 1.29 is 17.7 Å². The van der Waals surface area contributed by atoms with Crippen molar-refractivity contribution in [1.29, 1.82) is 0 Å². The third-order valence-electron chi connectivity index (χ3n) is 3.82. The van der Waals surface area contributed by atoms with Crippen LogP contribution in [0.5, 0.6) is 0 Å². The fourth-order valence-corrected chi connectivity index (χ4v) is 4.30. The largest absolute Gasteiger partial charge is 0.377 e. The number of halogens is 1. The molecule has 1 fully saturated rings. The summed E-state index contributed by atoms with van der Waals surface area (Å²) in [6.45, 7) is 3.27. The van der Waals surface area contributed by atoms with Crippen LogP contribution in [0, 0.1) is 0 Å². The number of likely N-dealkylation sites (N-methyl/N-ethyl adjacent to an activating group) is 1. The lowest BCUT2D eigenvalue weighted by atomic mass is 10.2. The molecule has 22 heavy (non-hydrogen) atoms. The number of nitrogens with zero attached hydrogens (tertiary/aromatic N) is 2. The van der Waals surface area contributed by atoms with Crippen LogP contribution in [-0.2, 0) is 14.8 Å². The Labute approximate surface area is 134 Å². The monoisotopic (exact) mass is 344 g/mol. The summed E-state index contributed by atoms with van der Waals surface area (Å²) >= 11 is 5.91. The van der Waals surface area contributed by atoms with Crippen LogP contribution in [0.4, 0.5) is 0 Å². The van der Waals surface area contributed by atoms with Gasteiger partial charge < -0.3 is 9.26 Å². The zero-order valence-electron chi connectivity index (χ0n) is 12.2. The molecule has 0 bridgehead atoms. The summed E-state index contributed by atoms with van der Waals surface area (Å²) < 4.78 is 37.6. The smallest absolute Gasteiger partial charge is 0.243 e. The Bertz CT molecular complexity index is 768. The van der Waals surface area contributed by atoms with Crippen LogP contribution in [0.25, 0.3) is 11.0 Å². The van der Waals surface area contributed by atoms with Crippen LogP contribution in [-0.4, -0.2) is 43.7 Å². The first kappa shape index (κ1) is 15.7. The van der Waals surface area contributed by atoms with Crippen LogP contribution < -0.4 is 0 Å². The first-order valence-electron chi connectivity index (χ1n) is 7.19. The second-order valence-electron chi connectivity index (χ2n) is 5.22. The van der Waals surface area contributed by atoms with E-state index in [0.717, 1.165) is 12.8 Å². The second-order valence-corrected chi connectivity index (χ2v) is 7.52. The van der Waals surface area contributed by atoms with Gasteiger partial charge in [-0.25, -0.2) is 8.42 Å². The Kier molecular flexibility index (Phi) is 4.40. The standard InChI is InChI=1S/C14H17ClN2O4S/c1-2-17(9-10-4-3-7-20-10)22(18,19)11-5-6-13-12(8-11)14(15)16-21-13/h5-6,8,10H,2-4,7,9H2,1H3/t10-/m1/s1. The van der Waals surface area contributed by atoms with E-state index in [1.165, 1.54) is 16.4 Å². The van der Waals surface area contributed by atoms with Crippen molar-refractivity contribution in [2.45, 2.75) is 30.8 Å². The Morgan fingerprint density at radius 1 is 1.45 bits per heavy atom. The van der Waals surface area contributed by atoms with Crippen LogP contribution in [0.15, 0.2) is 27.6 Å². The fourth-order valence-electron chi connectivity index (χ4n) is 2.61. The average molecular weight is 345 g/mol. The highest BCUT2D eigenvalue weighted by Crippen LogP contribution is 2.27. The molecule has 1 atom stereocenters. The lowest BCUT2D eigenvalue weighted by Crippen LogP contribution is -2.37. The number of fused-ring (bicyclic) bond motifs is 1. The highest BCUT2D eigenvalue weighted by molar-refractivity contribution is 7.89. The summed E-state index contributed by atoms with van der Waals surface area (Å²) in [5.41, 5.74) is 0.464. The number of hydrogen-bond acceptors (Lipinski definition) is 5. The van der Waals surface area contributed by atoms with Crippen molar-refractivity contribution in [3.8, 4) is 0 Å². The molecule has 1 aliphatic heterocycles. The quantitative estimate of drug-likeness (QED) is 0.833. The zero-order chi connectivity index (χ0) is 15.7.